The average Bonchev–Trinajstić information content (AvgIpc) is 2.83. The number of hydrogen-bond donors (Lipinski definition) is 2. The van der Waals surface area contributed by atoms with Gasteiger partial charge in [0.05, 0.1) is 18.7 Å². The zero-order chi connectivity index (χ0) is 28.3. The summed E-state index contributed by atoms with van der Waals surface area (Å²) < 4.78 is 87.8. The van der Waals surface area contributed by atoms with E-state index >= 15 is 0 Å². The number of alkyl halides is 3. The highest BCUT2D eigenvalue weighted by Crippen LogP contribution is 2.36. The predicted molar refractivity (Wildman–Crippen MR) is 130 cm³/mol. The second-order valence-corrected chi connectivity index (χ2v) is 9.55. The molecule has 0 saturated carbocycles. The molecule has 1 amide bonds. The van der Waals surface area contributed by atoms with Gasteiger partial charge in [-0.2, -0.15) is 30.6 Å². The first-order valence-corrected chi connectivity index (χ1v) is 12.9. The number of rotatable bonds is 15. The largest absolute Gasteiger partial charge is 0.491 e. The SMILES string of the molecule is CCOCCCNS(=O)(=O)N(Cc1ccc(OCCOC)cc1Oc1ncc(C(F)(F)F)cc1Cl)C(=O)O. The summed E-state index contributed by atoms with van der Waals surface area (Å²) >= 11 is 5.95. The van der Waals surface area contributed by atoms with Crippen LogP contribution < -0.4 is 14.2 Å². The molecular formula is C22H27ClF3N3O8S. The lowest BCUT2D eigenvalue weighted by molar-refractivity contribution is -0.137. The third-order valence-electron chi connectivity index (χ3n) is 4.71. The molecule has 0 spiro atoms. The quantitative estimate of drug-likeness (QED) is 0.293. The second kappa shape index (κ2) is 14.3. The number of pyridine rings is 1. The Balaban J connectivity index is 2.37. The van der Waals surface area contributed by atoms with Gasteiger partial charge in [-0.15, -0.1) is 0 Å². The van der Waals surface area contributed by atoms with Crippen LogP contribution in [0.4, 0.5) is 18.0 Å². The topological polar surface area (TPSA) is 137 Å². The summed E-state index contributed by atoms with van der Waals surface area (Å²) in [6, 6.07) is 4.68. The maximum absolute atomic E-state index is 13.0. The molecule has 0 radical (unpaired) electrons. The van der Waals surface area contributed by atoms with Crippen molar-refractivity contribution in [3.05, 3.63) is 46.6 Å². The molecule has 0 saturated heterocycles. The first kappa shape index (κ1) is 31.4. The maximum atomic E-state index is 13.0. The van der Waals surface area contributed by atoms with E-state index < -0.39 is 45.5 Å². The van der Waals surface area contributed by atoms with Gasteiger partial charge in [0, 0.05) is 44.7 Å². The molecule has 38 heavy (non-hydrogen) atoms. The minimum absolute atomic E-state index is 0.0314. The van der Waals surface area contributed by atoms with Gasteiger partial charge in [0.1, 0.15) is 23.1 Å². The highest BCUT2D eigenvalue weighted by Gasteiger charge is 2.32. The Morgan fingerprint density at radius 1 is 1.21 bits per heavy atom. The fourth-order valence-corrected chi connectivity index (χ4v) is 4.14. The van der Waals surface area contributed by atoms with Gasteiger partial charge in [-0.05, 0) is 31.5 Å². The Morgan fingerprint density at radius 3 is 2.55 bits per heavy atom. The van der Waals surface area contributed by atoms with Crippen molar-refractivity contribution in [3.8, 4) is 17.4 Å². The fraction of sp³-hybridized carbons (Fsp3) is 0.455. The number of nitrogens with one attached hydrogen (secondary N) is 1. The van der Waals surface area contributed by atoms with Crippen LogP contribution in [0.15, 0.2) is 30.5 Å². The third-order valence-corrected chi connectivity index (χ3v) is 6.41. The number of ether oxygens (including phenoxy) is 4. The number of aromatic nitrogens is 1. The van der Waals surface area contributed by atoms with Crippen molar-refractivity contribution in [3.63, 3.8) is 0 Å². The van der Waals surface area contributed by atoms with E-state index in [1.54, 1.807) is 6.92 Å². The molecule has 1 aromatic heterocycles. The van der Waals surface area contributed by atoms with E-state index in [9.17, 15) is 31.5 Å². The van der Waals surface area contributed by atoms with Crippen LogP contribution in [0.3, 0.4) is 0 Å². The molecule has 0 bridgehead atoms. The molecule has 1 heterocycles. The first-order valence-electron chi connectivity index (χ1n) is 11.1. The molecule has 0 aliphatic heterocycles. The maximum Gasteiger partial charge on any atom is 0.422 e. The molecular weight excluding hydrogens is 559 g/mol. The van der Waals surface area contributed by atoms with Crippen molar-refractivity contribution in [2.75, 3.05) is 40.1 Å². The lowest BCUT2D eigenvalue weighted by atomic mass is 10.2. The van der Waals surface area contributed by atoms with Crippen LogP contribution in [-0.4, -0.2) is 69.0 Å². The number of methoxy groups -OCH3 is 1. The van der Waals surface area contributed by atoms with Gasteiger partial charge in [-0.3, -0.25) is 0 Å². The summed E-state index contributed by atoms with van der Waals surface area (Å²) in [4.78, 5) is 15.5. The Morgan fingerprint density at radius 2 is 1.95 bits per heavy atom. The smallest absolute Gasteiger partial charge is 0.422 e. The number of carboxylic acid groups (broad SMARTS) is 1. The molecule has 2 rings (SSSR count). The summed E-state index contributed by atoms with van der Waals surface area (Å²) in [5.41, 5.74) is -1.07. The van der Waals surface area contributed by atoms with Crippen molar-refractivity contribution in [1.82, 2.24) is 14.0 Å². The molecule has 0 atom stereocenters. The standard InChI is InChI=1S/C22H27ClF3N3O8S/c1-3-35-8-4-7-28-38(32,33)29(21(30)31)14-15-5-6-17(36-10-9-34-2)12-19(15)37-20-18(23)11-16(13-27-20)22(24,25)26/h5-6,11-13,28H,3-4,7-10,14H2,1-2H3,(H,30,31). The highest BCUT2D eigenvalue weighted by molar-refractivity contribution is 7.87. The molecule has 2 N–H and O–H groups in total. The highest BCUT2D eigenvalue weighted by atomic mass is 35.5. The van der Waals surface area contributed by atoms with Gasteiger partial charge in [0.2, 0.25) is 5.88 Å². The molecule has 11 nitrogen and oxygen atoms in total. The van der Waals surface area contributed by atoms with Gasteiger partial charge in [-0.1, -0.05) is 11.6 Å². The molecule has 2 aromatic rings. The number of benzene rings is 1. The van der Waals surface area contributed by atoms with E-state index in [1.807, 2.05) is 0 Å². The van der Waals surface area contributed by atoms with Gasteiger partial charge < -0.3 is 24.1 Å². The van der Waals surface area contributed by atoms with Crippen LogP contribution in [0.1, 0.15) is 24.5 Å². The average molecular weight is 586 g/mol. The van der Waals surface area contributed by atoms with Crippen LogP contribution >= 0.6 is 11.6 Å². The van der Waals surface area contributed by atoms with E-state index in [4.69, 9.17) is 30.5 Å². The second-order valence-electron chi connectivity index (χ2n) is 7.46. The summed E-state index contributed by atoms with van der Waals surface area (Å²) in [5, 5.41) is 9.13. The van der Waals surface area contributed by atoms with E-state index in [0.717, 1.165) is 0 Å². The Kier molecular flexibility index (Phi) is 11.8. The van der Waals surface area contributed by atoms with Crippen molar-refractivity contribution in [2.45, 2.75) is 26.1 Å². The van der Waals surface area contributed by atoms with E-state index in [1.165, 1.54) is 25.3 Å². The Labute approximate surface area is 222 Å². The van der Waals surface area contributed by atoms with Gasteiger partial charge in [-0.25, -0.2) is 9.78 Å². The third kappa shape index (κ3) is 9.47. The summed E-state index contributed by atoms with van der Waals surface area (Å²) in [5.74, 6) is -0.344. The minimum atomic E-state index is -4.69. The Bertz CT molecular complexity index is 1180. The van der Waals surface area contributed by atoms with E-state index in [0.29, 0.717) is 25.3 Å². The number of nitrogens with zero attached hydrogens (tertiary/aromatic N) is 2. The molecule has 0 aliphatic carbocycles. The molecule has 0 unspecified atom stereocenters. The van der Waals surface area contributed by atoms with Crippen molar-refractivity contribution in [1.29, 1.82) is 0 Å². The Hall–Kier alpha value is -2.85. The predicted octanol–water partition coefficient (Wildman–Crippen LogP) is 4.31. The van der Waals surface area contributed by atoms with Crippen LogP contribution in [-0.2, 0) is 32.4 Å². The van der Waals surface area contributed by atoms with Crippen molar-refractivity contribution in [2.24, 2.45) is 0 Å². The molecule has 212 valence electrons. The zero-order valence-corrected chi connectivity index (χ0v) is 22.0. The van der Waals surface area contributed by atoms with Gasteiger partial charge in [0.25, 0.3) is 0 Å². The van der Waals surface area contributed by atoms with Crippen molar-refractivity contribution >= 4 is 27.9 Å². The molecule has 0 aliphatic rings. The monoisotopic (exact) mass is 585 g/mol. The zero-order valence-electron chi connectivity index (χ0n) is 20.5. The fourth-order valence-electron chi connectivity index (χ4n) is 2.86. The first-order chi connectivity index (χ1) is 17.9. The van der Waals surface area contributed by atoms with Crippen LogP contribution in [0.25, 0.3) is 0 Å². The van der Waals surface area contributed by atoms with E-state index in [2.05, 4.69) is 9.71 Å². The van der Waals surface area contributed by atoms with Crippen LogP contribution in [0.5, 0.6) is 17.4 Å². The molecule has 16 heteroatoms. The van der Waals surface area contributed by atoms with E-state index in [-0.39, 0.29) is 47.7 Å². The van der Waals surface area contributed by atoms with Crippen LogP contribution in [0, 0.1) is 0 Å². The normalized spacial score (nSPS) is 11.8. The lowest BCUT2D eigenvalue weighted by Gasteiger charge is -2.21. The summed E-state index contributed by atoms with van der Waals surface area (Å²) in [7, 11) is -3.03. The summed E-state index contributed by atoms with van der Waals surface area (Å²) in [6.45, 7) is 2.08. The van der Waals surface area contributed by atoms with Gasteiger partial charge >= 0.3 is 22.5 Å². The number of halogens is 4. The molecule has 1 aromatic carbocycles. The van der Waals surface area contributed by atoms with Gasteiger partial charge in [0.15, 0.2) is 0 Å². The van der Waals surface area contributed by atoms with Crippen molar-refractivity contribution < 1.29 is 50.4 Å². The minimum Gasteiger partial charge on any atom is -0.491 e. The number of hydrogen-bond acceptors (Lipinski definition) is 8. The lowest BCUT2D eigenvalue weighted by Crippen LogP contribution is -2.43. The number of carbonyl (C=O) groups is 1. The molecule has 0 fully saturated rings. The van der Waals surface area contributed by atoms with Crippen LogP contribution in [0.2, 0.25) is 5.02 Å². The number of amides is 1. The summed E-state index contributed by atoms with van der Waals surface area (Å²) in [6.07, 6.45) is -5.65.